The highest BCUT2D eigenvalue weighted by Crippen LogP contribution is 2.19. The minimum absolute atomic E-state index is 0.145. The second-order valence-corrected chi connectivity index (χ2v) is 6.74. The summed E-state index contributed by atoms with van der Waals surface area (Å²) in [5.41, 5.74) is 8.42. The molecule has 25 heavy (non-hydrogen) atoms. The number of aliphatic hydroxyl groups is 1. The van der Waals surface area contributed by atoms with Crippen LogP contribution < -0.4 is 5.73 Å². The number of carbonyl (C=O) groups is 1. The number of aliphatic hydroxyl groups excluding tert-OH is 1. The van der Waals surface area contributed by atoms with Gasteiger partial charge in [0, 0.05) is 17.8 Å². The lowest BCUT2D eigenvalue weighted by molar-refractivity contribution is 0.0594. The van der Waals surface area contributed by atoms with Crippen molar-refractivity contribution in [3.63, 3.8) is 0 Å². The molecule has 1 unspecified atom stereocenters. The molecular formula is C20H25FN2O2. The average Bonchev–Trinajstić information content (AvgIpc) is 2.56. The predicted octanol–water partition coefficient (Wildman–Crippen LogP) is 3.55. The van der Waals surface area contributed by atoms with Gasteiger partial charge in [-0.3, -0.25) is 4.79 Å². The van der Waals surface area contributed by atoms with Gasteiger partial charge in [0.25, 0.3) is 5.91 Å². The van der Waals surface area contributed by atoms with Crippen molar-refractivity contribution in [3.05, 3.63) is 65.0 Å². The fraction of sp³-hybridized carbons (Fsp3) is 0.350. The van der Waals surface area contributed by atoms with E-state index in [9.17, 15) is 14.3 Å². The molecule has 1 atom stereocenters. The highest BCUT2D eigenvalue weighted by atomic mass is 19.1. The maximum absolute atomic E-state index is 13.0. The molecule has 134 valence electrons. The van der Waals surface area contributed by atoms with Gasteiger partial charge in [-0.15, -0.1) is 0 Å². The quantitative estimate of drug-likeness (QED) is 0.788. The number of aryl methyl sites for hydroxylation is 1. The van der Waals surface area contributed by atoms with Crippen LogP contribution in [0, 0.1) is 18.7 Å². The number of anilines is 1. The molecule has 0 heterocycles. The molecule has 0 aliphatic rings. The van der Waals surface area contributed by atoms with Crippen LogP contribution in [-0.4, -0.2) is 29.0 Å². The summed E-state index contributed by atoms with van der Waals surface area (Å²) in [6, 6.07) is 10.8. The SMILES string of the molecule is Cc1cc(C(=O)N(CC(C)C)CC(O)c2ccc(F)cc2)ccc1N. The number of carbonyl (C=O) groups excluding carboxylic acids is 1. The Kier molecular flexibility index (Phi) is 6.15. The minimum Gasteiger partial charge on any atom is -0.399 e. The van der Waals surface area contributed by atoms with Crippen molar-refractivity contribution in [1.29, 1.82) is 0 Å². The highest BCUT2D eigenvalue weighted by molar-refractivity contribution is 5.95. The summed E-state index contributed by atoms with van der Waals surface area (Å²) in [7, 11) is 0. The molecule has 2 rings (SSSR count). The zero-order valence-corrected chi connectivity index (χ0v) is 14.9. The first kappa shape index (κ1) is 18.9. The Morgan fingerprint density at radius 2 is 1.80 bits per heavy atom. The molecule has 1 amide bonds. The van der Waals surface area contributed by atoms with Crippen molar-refractivity contribution in [1.82, 2.24) is 4.90 Å². The Morgan fingerprint density at radius 1 is 1.16 bits per heavy atom. The van der Waals surface area contributed by atoms with E-state index < -0.39 is 6.10 Å². The molecule has 5 heteroatoms. The van der Waals surface area contributed by atoms with E-state index >= 15 is 0 Å². The third-order valence-electron chi connectivity index (χ3n) is 4.04. The van der Waals surface area contributed by atoms with Gasteiger partial charge >= 0.3 is 0 Å². The second-order valence-electron chi connectivity index (χ2n) is 6.74. The van der Waals surface area contributed by atoms with E-state index in [4.69, 9.17) is 5.73 Å². The van der Waals surface area contributed by atoms with Crippen LogP contribution in [-0.2, 0) is 0 Å². The maximum Gasteiger partial charge on any atom is 0.253 e. The van der Waals surface area contributed by atoms with Crippen LogP contribution in [0.25, 0.3) is 0 Å². The van der Waals surface area contributed by atoms with Crippen LogP contribution in [0.1, 0.15) is 41.4 Å². The average molecular weight is 344 g/mol. The van der Waals surface area contributed by atoms with E-state index in [1.807, 2.05) is 20.8 Å². The molecule has 2 aromatic rings. The summed E-state index contributed by atoms with van der Waals surface area (Å²) in [6.07, 6.45) is -0.877. The van der Waals surface area contributed by atoms with E-state index in [-0.39, 0.29) is 24.2 Å². The third-order valence-corrected chi connectivity index (χ3v) is 4.04. The van der Waals surface area contributed by atoms with Gasteiger partial charge in [0.05, 0.1) is 12.6 Å². The molecule has 0 spiro atoms. The topological polar surface area (TPSA) is 66.6 Å². The van der Waals surface area contributed by atoms with Gasteiger partial charge in [-0.05, 0) is 54.3 Å². The summed E-state index contributed by atoms with van der Waals surface area (Å²) < 4.78 is 13.0. The number of hydrogen-bond acceptors (Lipinski definition) is 3. The molecule has 4 nitrogen and oxygen atoms in total. The minimum atomic E-state index is -0.877. The third kappa shape index (κ3) is 5.03. The van der Waals surface area contributed by atoms with E-state index in [1.54, 1.807) is 23.1 Å². The first-order valence-corrected chi connectivity index (χ1v) is 8.37. The maximum atomic E-state index is 13.0. The lowest BCUT2D eigenvalue weighted by atomic mass is 10.1. The smallest absolute Gasteiger partial charge is 0.253 e. The zero-order chi connectivity index (χ0) is 18.6. The largest absolute Gasteiger partial charge is 0.399 e. The van der Waals surface area contributed by atoms with E-state index in [2.05, 4.69) is 0 Å². The number of rotatable bonds is 6. The molecule has 0 aromatic heterocycles. The zero-order valence-electron chi connectivity index (χ0n) is 14.9. The number of nitrogens with two attached hydrogens (primary N) is 1. The van der Waals surface area contributed by atoms with Gasteiger partial charge in [-0.2, -0.15) is 0 Å². The van der Waals surface area contributed by atoms with Crippen molar-refractivity contribution < 1.29 is 14.3 Å². The second kappa shape index (κ2) is 8.12. The summed E-state index contributed by atoms with van der Waals surface area (Å²) in [6.45, 7) is 6.54. The first-order valence-electron chi connectivity index (χ1n) is 8.37. The summed E-state index contributed by atoms with van der Waals surface area (Å²) in [5.74, 6) is -0.263. The number of benzene rings is 2. The summed E-state index contributed by atoms with van der Waals surface area (Å²) in [4.78, 5) is 14.5. The monoisotopic (exact) mass is 344 g/mol. The Hall–Kier alpha value is -2.40. The van der Waals surface area contributed by atoms with Gasteiger partial charge in [-0.25, -0.2) is 4.39 Å². The number of nitrogen functional groups attached to an aromatic ring is 1. The Bertz CT molecular complexity index is 729. The van der Waals surface area contributed by atoms with Gasteiger partial charge in [-0.1, -0.05) is 26.0 Å². The Morgan fingerprint density at radius 3 is 2.36 bits per heavy atom. The lowest BCUT2D eigenvalue weighted by Crippen LogP contribution is -2.37. The van der Waals surface area contributed by atoms with Crippen molar-refractivity contribution in [3.8, 4) is 0 Å². The molecule has 0 radical (unpaired) electrons. The van der Waals surface area contributed by atoms with E-state index in [0.717, 1.165) is 5.56 Å². The molecule has 0 fully saturated rings. The number of amides is 1. The van der Waals surface area contributed by atoms with Crippen molar-refractivity contribution in [2.75, 3.05) is 18.8 Å². The predicted molar refractivity (Wildman–Crippen MR) is 97.7 cm³/mol. The standard InChI is InChI=1S/C20H25FN2O2/c1-13(2)11-23(12-19(24)15-4-7-17(21)8-5-15)20(25)16-6-9-18(22)14(3)10-16/h4-10,13,19,24H,11-12,22H2,1-3H3. The lowest BCUT2D eigenvalue weighted by Gasteiger charge is -2.27. The van der Waals surface area contributed by atoms with Gasteiger partial charge in [0.1, 0.15) is 5.82 Å². The van der Waals surface area contributed by atoms with E-state index in [1.165, 1.54) is 24.3 Å². The normalized spacial score (nSPS) is 12.2. The van der Waals surface area contributed by atoms with Crippen LogP contribution in [0.3, 0.4) is 0 Å². The first-order chi connectivity index (χ1) is 11.8. The fourth-order valence-electron chi connectivity index (χ4n) is 2.67. The highest BCUT2D eigenvalue weighted by Gasteiger charge is 2.21. The molecule has 0 saturated heterocycles. The van der Waals surface area contributed by atoms with Crippen molar-refractivity contribution >= 4 is 11.6 Å². The molecule has 0 bridgehead atoms. The van der Waals surface area contributed by atoms with Crippen LogP contribution in [0.15, 0.2) is 42.5 Å². The molecule has 0 aliphatic carbocycles. The van der Waals surface area contributed by atoms with E-state index in [0.29, 0.717) is 23.4 Å². The van der Waals surface area contributed by atoms with Gasteiger partial charge in [0.2, 0.25) is 0 Å². The molecule has 0 saturated carbocycles. The Balaban J connectivity index is 2.21. The Labute approximate surface area is 148 Å². The van der Waals surface area contributed by atoms with Crippen LogP contribution in [0.4, 0.5) is 10.1 Å². The van der Waals surface area contributed by atoms with Crippen LogP contribution in [0.2, 0.25) is 0 Å². The molecular weight excluding hydrogens is 319 g/mol. The molecule has 0 aliphatic heterocycles. The van der Waals surface area contributed by atoms with Gasteiger partial charge in [0.15, 0.2) is 0 Å². The van der Waals surface area contributed by atoms with Gasteiger partial charge < -0.3 is 15.7 Å². The number of nitrogens with zero attached hydrogens (tertiary/aromatic N) is 1. The summed E-state index contributed by atoms with van der Waals surface area (Å²) >= 11 is 0. The van der Waals surface area contributed by atoms with Crippen LogP contribution in [0.5, 0.6) is 0 Å². The fourth-order valence-corrected chi connectivity index (χ4v) is 2.67. The van der Waals surface area contributed by atoms with Crippen molar-refractivity contribution in [2.45, 2.75) is 26.9 Å². The number of halogens is 1. The van der Waals surface area contributed by atoms with Crippen molar-refractivity contribution in [2.24, 2.45) is 5.92 Å². The summed E-state index contributed by atoms with van der Waals surface area (Å²) in [5, 5.41) is 10.5. The van der Waals surface area contributed by atoms with Crippen LogP contribution >= 0.6 is 0 Å². The number of hydrogen-bond donors (Lipinski definition) is 2. The molecule has 2 aromatic carbocycles. The molecule has 3 N–H and O–H groups in total.